The molecule has 0 aromatic heterocycles. The molecule has 0 atom stereocenters. The lowest BCUT2D eigenvalue weighted by Gasteiger charge is -2.25. The van der Waals surface area contributed by atoms with Gasteiger partial charge >= 0.3 is 0 Å². The second-order valence-corrected chi connectivity index (χ2v) is 7.05. The third kappa shape index (κ3) is 4.01. The molecule has 0 heterocycles. The van der Waals surface area contributed by atoms with Crippen LogP contribution in [0.25, 0.3) is 11.1 Å². The van der Waals surface area contributed by atoms with Crippen molar-refractivity contribution >= 4 is 0 Å². The molecule has 0 fully saturated rings. The first kappa shape index (κ1) is 21.1. The summed E-state index contributed by atoms with van der Waals surface area (Å²) in [6, 6.07) is 15.7. The molecule has 2 heteroatoms. The Morgan fingerprint density at radius 3 is 2.08 bits per heavy atom. The van der Waals surface area contributed by atoms with Gasteiger partial charge in [0.2, 0.25) is 0 Å². The number of hydrogen-bond acceptors (Lipinski definition) is 1. The van der Waals surface area contributed by atoms with Crippen molar-refractivity contribution in [2.75, 3.05) is 7.05 Å². The zero-order valence-corrected chi connectivity index (χ0v) is 16.7. The van der Waals surface area contributed by atoms with E-state index in [-0.39, 0.29) is 10.8 Å². The summed E-state index contributed by atoms with van der Waals surface area (Å²) < 4.78 is 10.0. The van der Waals surface area contributed by atoms with Crippen molar-refractivity contribution in [3.05, 3.63) is 71.8 Å². The number of rotatable bonds is 2. The molecule has 1 aliphatic rings. The number of benzene rings is 2. The molecule has 0 amide bonds. The van der Waals surface area contributed by atoms with Crippen LogP contribution in [-0.4, -0.2) is 7.05 Å². The highest BCUT2D eigenvalue weighted by atomic mass is 19.2. The molecule has 3 rings (SSSR count). The minimum absolute atomic E-state index is 0.0138. The maximum Gasteiger partial charge on any atom is 0.0158 e. The van der Waals surface area contributed by atoms with Crippen LogP contribution in [0.2, 0.25) is 0 Å². The van der Waals surface area contributed by atoms with Crippen molar-refractivity contribution in [2.45, 2.75) is 52.4 Å². The highest BCUT2D eigenvalue weighted by Crippen LogP contribution is 2.49. The minimum Gasteiger partial charge on any atom is -0.162 e. The van der Waals surface area contributed by atoms with Crippen LogP contribution in [0.5, 0.6) is 0 Å². The molecule has 1 nitrogen and oxygen atoms in total. The monoisotopic (exact) mass is 341 g/mol. The maximum absolute atomic E-state index is 10.0. The molecule has 0 radical (unpaired) electrons. The normalized spacial score (nSPS) is 13.4. The molecule has 0 saturated heterocycles. The zero-order valence-electron chi connectivity index (χ0n) is 16.7. The van der Waals surface area contributed by atoms with Crippen LogP contribution in [-0.2, 0) is 10.8 Å². The summed E-state index contributed by atoms with van der Waals surface area (Å²) in [6.45, 7) is 17.1. The first-order valence-electron chi connectivity index (χ1n) is 8.95. The van der Waals surface area contributed by atoms with E-state index in [1.54, 1.807) is 0 Å². The molecule has 2 aromatic carbocycles. The lowest BCUT2D eigenvalue weighted by atomic mass is 9.78. The van der Waals surface area contributed by atoms with E-state index in [4.69, 9.17) is 0 Å². The summed E-state index contributed by atoms with van der Waals surface area (Å²) in [7, 11) is 1.21. The van der Waals surface area contributed by atoms with Gasteiger partial charge in [-0.3, -0.25) is 0 Å². The third-order valence-corrected chi connectivity index (χ3v) is 4.84. The molecule has 2 aromatic rings. The SMILES string of the molecule is C=CC(C)(C)c1ccc2c(c1)C(C)(C)c1ccccc1-2.CC.CNF. The number of hydrogen-bond donors (Lipinski definition) is 1. The van der Waals surface area contributed by atoms with Crippen LogP contribution < -0.4 is 5.54 Å². The van der Waals surface area contributed by atoms with Crippen molar-refractivity contribution in [3.63, 3.8) is 0 Å². The van der Waals surface area contributed by atoms with Crippen LogP contribution in [0.1, 0.15) is 58.2 Å². The molecule has 1 N–H and O–H groups in total. The fraction of sp³-hybridized carbons (Fsp3) is 0.391. The summed E-state index contributed by atoms with van der Waals surface area (Å²) >= 11 is 0. The Kier molecular flexibility index (Phi) is 7.13. The standard InChI is InChI=1S/C20H22.C2H6.CH4FN/c1-6-19(2,3)14-11-12-16-15-9-7-8-10-17(15)20(4,5)18(16)13-14;1-2;1-3-2/h6-13H,1H2,2-5H3;1-2H3;3H,1H3. The van der Waals surface area contributed by atoms with Gasteiger partial charge in [0.25, 0.3) is 0 Å². The summed E-state index contributed by atoms with van der Waals surface area (Å²) in [6.07, 6.45) is 2.03. The third-order valence-electron chi connectivity index (χ3n) is 4.84. The van der Waals surface area contributed by atoms with E-state index in [1.807, 2.05) is 19.9 Å². The van der Waals surface area contributed by atoms with Gasteiger partial charge in [-0.15, -0.1) is 11.1 Å². The lowest BCUT2D eigenvalue weighted by Crippen LogP contribution is -2.18. The van der Waals surface area contributed by atoms with Crippen LogP contribution in [0.3, 0.4) is 0 Å². The van der Waals surface area contributed by atoms with E-state index in [0.29, 0.717) is 0 Å². The first-order chi connectivity index (χ1) is 11.8. The lowest BCUT2D eigenvalue weighted by molar-refractivity contribution is 0.380. The fourth-order valence-corrected chi connectivity index (χ4v) is 3.22. The Bertz CT molecular complexity index is 714. The van der Waals surface area contributed by atoms with Crippen molar-refractivity contribution in [3.8, 4) is 11.1 Å². The Morgan fingerprint density at radius 1 is 1.00 bits per heavy atom. The molecule has 0 unspecified atom stereocenters. The second-order valence-electron chi connectivity index (χ2n) is 7.05. The van der Waals surface area contributed by atoms with E-state index in [2.05, 4.69) is 76.7 Å². The van der Waals surface area contributed by atoms with Gasteiger partial charge in [0.1, 0.15) is 0 Å². The van der Waals surface area contributed by atoms with Gasteiger partial charge in [-0.05, 0) is 27.8 Å². The molecule has 0 aliphatic heterocycles. The summed E-state index contributed by atoms with van der Waals surface area (Å²) in [5.74, 6) is 0. The van der Waals surface area contributed by atoms with Crippen LogP contribution in [0.4, 0.5) is 4.48 Å². The van der Waals surface area contributed by atoms with Gasteiger partial charge in [0.15, 0.2) is 0 Å². The van der Waals surface area contributed by atoms with E-state index in [0.717, 1.165) is 0 Å². The van der Waals surface area contributed by atoms with E-state index in [9.17, 15) is 4.48 Å². The number of fused-ring (bicyclic) bond motifs is 3. The molecule has 0 saturated carbocycles. The molecule has 25 heavy (non-hydrogen) atoms. The van der Waals surface area contributed by atoms with Gasteiger partial charge in [-0.2, -0.15) is 5.54 Å². The predicted octanol–water partition coefficient (Wildman–Crippen LogP) is 6.57. The highest BCUT2D eigenvalue weighted by Gasteiger charge is 2.35. The minimum atomic E-state index is 0.0138. The molecule has 1 aliphatic carbocycles. The number of allylic oxidation sites excluding steroid dienone is 1. The van der Waals surface area contributed by atoms with Gasteiger partial charge in [0.05, 0.1) is 0 Å². The summed E-state index contributed by atoms with van der Waals surface area (Å²) in [4.78, 5) is 0. The molecular weight excluding hydrogens is 309 g/mol. The first-order valence-corrected chi connectivity index (χ1v) is 8.95. The van der Waals surface area contributed by atoms with Gasteiger partial charge in [0, 0.05) is 17.9 Å². The highest BCUT2D eigenvalue weighted by molar-refractivity contribution is 5.81. The van der Waals surface area contributed by atoms with Crippen molar-refractivity contribution in [1.82, 2.24) is 5.54 Å². The van der Waals surface area contributed by atoms with Gasteiger partial charge in [-0.1, -0.05) is 90.1 Å². The Labute approximate surface area is 152 Å². The quantitative estimate of drug-likeness (QED) is 0.481. The average Bonchev–Trinajstić information content (AvgIpc) is 2.85. The van der Waals surface area contributed by atoms with Crippen molar-refractivity contribution < 1.29 is 4.48 Å². The van der Waals surface area contributed by atoms with Crippen LogP contribution in [0.15, 0.2) is 55.1 Å². The molecule has 0 spiro atoms. The Morgan fingerprint density at radius 2 is 1.52 bits per heavy atom. The van der Waals surface area contributed by atoms with Gasteiger partial charge in [-0.25, -0.2) is 0 Å². The fourth-order valence-electron chi connectivity index (χ4n) is 3.22. The maximum atomic E-state index is 10.0. The number of halogens is 1. The average molecular weight is 342 g/mol. The summed E-state index contributed by atoms with van der Waals surface area (Å²) in [5, 5.41) is 0. The Balaban J connectivity index is 0.000000567. The Hall–Kier alpha value is -1.93. The van der Waals surface area contributed by atoms with E-state index in [1.165, 1.54) is 40.4 Å². The molecule has 0 bridgehead atoms. The molecular formula is C23H32FN. The zero-order chi connectivity index (χ0) is 19.3. The van der Waals surface area contributed by atoms with E-state index < -0.39 is 0 Å². The largest absolute Gasteiger partial charge is 0.162 e. The van der Waals surface area contributed by atoms with Crippen LogP contribution in [0, 0.1) is 0 Å². The van der Waals surface area contributed by atoms with Crippen molar-refractivity contribution in [2.24, 2.45) is 0 Å². The summed E-state index contributed by atoms with van der Waals surface area (Å²) in [5.41, 5.74) is 8.32. The van der Waals surface area contributed by atoms with Gasteiger partial charge < -0.3 is 0 Å². The second kappa shape index (κ2) is 8.44. The topological polar surface area (TPSA) is 12.0 Å². The molecule has 136 valence electrons. The van der Waals surface area contributed by atoms with E-state index >= 15 is 0 Å². The smallest absolute Gasteiger partial charge is 0.0158 e. The van der Waals surface area contributed by atoms with Crippen LogP contribution >= 0.6 is 0 Å². The van der Waals surface area contributed by atoms with Crippen molar-refractivity contribution in [1.29, 1.82) is 0 Å². The predicted molar refractivity (Wildman–Crippen MR) is 109 cm³/mol. The number of nitrogens with one attached hydrogen (secondary N) is 1.